The molecule has 0 spiro atoms. The van der Waals surface area contributed by atoms with Gasteiger partial charge in [0, 0.05) is 5.41 Å². The van der Waals surface area contributed by atoms with Crippen molar-refractivity contribution in [2.24, 2.45) is 0 Å². The highest BCUT2D eigenvalue weighted by Crippen LogP contribution is 2.53. The summed E-state index contributed by atoms with van der Waals surface area (Å²) in [7, 11) is -3.62. The van der Waals surface area contributed by atoms with Crippen LogP contribution in [0.15, 0.2) is 11.2 Å². The first-order valence-electron chi connectivity index (χ1n) is 5.17. The topological polar surface area (TPSA) is 68.5 Å². The molecule has 98 valence electrons. The van der Waals surface area contributed by atoms with E-state index in [0.717, 1.165) is 11.8 Å². The van der Waals surface area contributed by atoms with E-state index in [4.69, 9.17) is 18.8 Å². The van der Waals surface area contributed by atoms with E-state index in [2.05, 4.69) is 0 Å². The Labute approximate surface area is 107 Å². The normalized spacial score (nSPS) is 12.9. The first-order chi connectivity index (χ1) is 7.79. The van der Waals surface area contributed by atoms with Crippen LogP contribution in [-0.2, 0) is 18.1 Å². The number of hydrogen-bond donors (Lipinski definition) is 0. The standard InChI is InChI=1S/C10H18NO4PS/c1-8(2)13-16(12,14-9(3)4)15-10(5)6-17-7-11/h6,8-9H,1-5H3/b10-6-. The smallest absolute Gasteiger partial charge is 0.408 e. The van der Waals surface area contributed by atoms with Gasteiger partial charge in [0.1, 0.15) is 11.2 Å². The monoisotopic (exact) mass is 279 g/mol. The number of nitriles is 1. The van der Waals surface area contributed by atoms with Crippen LogP contribution in [0, 0.1) is 10.7 Å². The Morgan fingerprint density at radius 3 is 2.12 bits per heavy atom. The molecule has 0 aromatic heterocycles. The lowest BCUT2D eigenvalue weighted by Gasteiger charge is -2.22. The Hall–Kier alpha value is -0.470. The molecule has 0 atom stereocenters. The predicted octanol–water partition coefficient (Wildman–Crippen LogP) is 4.04. The number of nitrogens with zero attached hydrogens (tertiary/aromatic N) is 1. The Morgan fingerprint density at radius 1 is 1.29 bits per heavy atom. The third-order valence-electron chi connectivity index (χ3n) is 1.21. The van der Waals surface area contributed by atoms with Gasteiger partial charge in [0.25, 0.3) is 0 Å². The summed E-state index contributed by atoms with van der Waals surface area (Å²) < 4.78 is 27.7. The zero-order valence-corrected chi connectivity index (χ0v) is 12.4. The Kier molecular flexibility index (Phi) is 7.56. The first-order valence-corrected chi connectivity index (χ1v) is 7.51. The summed E-state index contributed by atoms with van der Waals surface area (Å²) in [6, 6.07) is 0. The molecule has 0 radical (unpaired) electrons. The van der Waals surface area contributed by atoms with Gasteiger partial charge in [-0.2, -0.15) is 5.26 Å². The van der Waals surface area contributed by atoms with Crippen LogP contribution in [0.3, 0.4) is 0 Å². The molecule has 5 nitrogen and oxygen atoms in total. The van der Waals surface area contributed by atoms with Crippen LogP contribution in [0.5, 0.6) is 0 Å². The number of allylic oxidation sites excluding steroid dienone is 1. The van der Waals surface area contributed by atoms with Gasteiger partial charge in [-0.3, -0.25) is 9.05 Å². The van der Waals surface area contributed by atoms with E-state index in [1.165, 1.54) is 5.41 Å². The van der Waals surface area contributed by atoms with E-state index >= 15 is 0 Å². The first kappa shape index (κ1) is 16.5. The van der Waals surface area contributed by atoms with Crippen LogP contribution in [0.4, 0.5) is 0 Å². The molecule has 0 aliphatic rings. The van der Waals surface area contributed by atoms with Crippen molar-refractivity contribution >= 4 is 19.6 Å². The molecule has 0 amide bonds. The lowest BCUT2D eigenvalue weighted by Crippen LogP contribution is -2.09. The second-order valence-electron chi connectivity index (χ2n) is 3.78. The molecule has 0 aromatic carbocycles. The minimum absolute atomic E-state index is 0.281. The van der Waals surface area contributed by atoms with Crippen molar-refractivity contribution in [3.05, 3.63) is 11.2 Å². The summed E-state index contributed by atoms with van der Waals surface area (Å²) in [4.78, 5) is 0. The maximum atomic E-state index is 12.2. The van der Waals surface area contributed by atoms with Crippen LogP contribution in [0.2, 0.25) is 0 Å². The fourth-order valence-corrected chi connectivity index (χ4v) is 2.80. The summed E-state index contributed by atoms with van der Waals surface area (Å²) >= 11 is 0.881. The molecule has 0 rings (SSSR count). The number of rotatable bonds is 7. The van der Waals surface area contributed by atoms with Crippen molar-refractivity contribution in [2.45, 2.75) is 46.8 Å². The zero-order valence-electron chi connectivity index (χ0n) is 10.7. The Balaban J connectivity index is 4.71. The van der Waals surface area contributed by atoms with Crippen molar-refractivity contribution in [1.82, 2.24) is 0 Å². The summed E-state index contributed by atoms with van der Waals surface area (Å²) in [5.41, 5.74) is 0. The third kappa shape index (κ3) is 8.28. The van der Waals surface area contributed by atoms with Gasteiger partial charge in [-0.1, -0.05) is 0 Å². The van der Waals surface area contributed by atoms with Gasteiger partial charge in [0.05, 0.1) is 12.2 Å². The molecular formula is C10H18NO4PS. The van der Waals surface area contributed by atoms with E-state index in [9.17, 15) is 4.57 Å². The van der Waals surface area contributed by atoms with E-state index in [1.807, 2.05) is 5.40 Å². The van der Waals surface area contributed by atoms with E-state index < -0.39 is 7.82 Å². The van der Waals surface area contributed by atoms with Crippen molar-refractivity contribution in [3.63, 3.8) is 0 Å². The van der Waals surface area contributed by atoms with Crippen LogP contribution >= 0.6 is 19.6 Å². The average molecular weight is 279 g/mol. The molecule has 17 heavy (non-hydrogen) atoms. The number of thiocyanates is 1. The van der Waals surface area contributed by atoms with Gasteiger partial charge in [-0.15, -0.1) is 0 Å². The van der Waals surface area contributed by atoms with E-state index in [1.54, 1.807) is 34.6 Å². The third-order valence-corrected chi connectivity index (χ3v) is 3.64. The fourth-order valence-electron chi connectivity index (χ4n) is 0.891. The molecule has 0 aliphatic carbocycles. The second-order valence-corrected chi connectivity index (χ2v) is 5.94. The fraction of sp³-hybridized carbons (Fsp3) is 0.700. The average Bonchev–Trinajstić information content (AvgIpc) is 2.10. The molecule has 0 unspecified atom stereocenters. The maximum Gasteiger partial charge on any atom is 0.530 e. The SMILES string of the molecule is C/C(=C/SC#N)OP(=O)(OC(C)C)OC(C)C. The van der Waals surface area contributed by atoms with Crippen molar-refractivity contribution in [1.29, 1.82) is 5.26 Å². The lowest BCUT2D eigenvalue weighted by atomic mass is 10.5. The molecule has 7 heteroatoms. The van der Waals surface area contributed by atoms with Gasteiger partial charge in [-0.25, -0.2) is 4.57 Å². The van der Waals surface area contributed by atoms with Gasteiger partial charge < -0.3 is 4.52 Å². The highest BCUT2D eigenvalue weighted by molar-refractivity contribution is 8.06. The molecular weight excluding hydrogens is 261 g/mol. The molecule has 0 aliphatic heterocycles. The minimum Gasteiger partial charge on any atom is -0.408 e. The van der Waals surface area contributed by atoms with E-state index in [-0.39, 0.29) is 12.2 Å². The number of phosphoric ester groups is 1. The van der Waals surface area contributed by atoms with Gasteiger partial charge in [0.2, 0.25) is 0 Å². The van der Waals surface area contributed by atoms with Gasteiger partial charge >= 0.3 is 7.82 Å². The maximum absolute atomic E-state index is 12.2. The molecule has 0 saturated carbocycles. The second kappa shape index (κ2) is 7.78. The predicted molar refractivity (Wildman–Crippen MR) is 68.1 cm³/mol. The summed E-state index contributed by atoms with van der Waals surface area (Å²) in [5.74, 6) is 0.321. The Bertz CT molecular complexity index is 335. The molecule has 0 saturated heterocycles. The van der Waals surface area contributed by atoms with Gasteiger partial charge in [-0.05, 0) is 46.4 Å². The number of hydrogen-bond acceptors (Lipinski definition) is 6. The summed E-state index contributed by atoms with van der Waals surface area (Å²) in [5, 5.41) is 11.7. The van der Waals surface area contributed by atoms with E-state index in [0.29, 0.717) is 5.76 Å². The van der Waals surface area contributed by atoms with Crippen LogP contribution in [0.25, 0.3) is 0 Å². The van der Waals surface area contributed by atoms with Crippen molar-refractivity contribution < 1.29 is 18.1 Å². The molecule has 0 fully saturated rings. The van der Waals surface area contributed by atoms with Crippen LogP contribution in [-0.4, -0.2) is 12.2 Å². The number of phosphoric acid groups is 1. The summed E-state index contributed by atoms with van der Waals surface area (Å²) in [6.45, 7) is 8.54. The largest absolute Gasteiger partial charge is 0.530 e. The highest BCUT2D eigenvalue weighted by Gasteiger charge is 2.31. The molecule has 0 aromatic rings. The Morgan fingerprint density at radius 2 is 1.76 bits per heavy atom. The molecule has 0 heterocycles. The highest BCUT2D eigenvalue weighted by atomic mass is 32.2. The number of thioether (sulfide) groups is 1. The van der Waals surface area contributed by atoms with Crippen molar-refractivity contribution in [3.8, 4) is 5.40 Å². The van der Waals surface area contributed by atoms with Crippen LogP contribution < -0.4 is 0 Å². The van der Waals surface area contributed by atoms with Crippen molar-refractivity contribution in [2.75, 3.05) is 0 Å². The molecule has 0 N–H and O–H groups in total. The van der Waals surface area contributed by atoms with Gasteiger partial charge in [0.15, 0.2) is 0 Å². The summed E-state index contributed by atoms with van der Waals surface area (Å²) in [6.07, 6.45) is -0.563. The van der Waals surface area contributed by atoms with Crippen LogP contribution in [0.1, 0.15) is 34.6 Å². The zero-order chi connectivity index (χ0) is 13.5. The quantitative estimate of drug-likeness (QED) is 0.398. The minimum atomic E-state index is -3.62. The molecule has 0 bridgehead atoms. The lowest BCUT2D eigenvalue weighted by molar-refractivity contribution is 0.0886.